The van der Waals surface area contributed by atoms with Gasteiger partial charge in [-0.25, -0.2) is 4.99 Å². The predicted molar refractivity (Wildman–Crippen MR) is 101 cm³/mol. The van der Waals surface area contributed by atoms with Crippen molar-refractivity contribution < 1.29 is 17.9 Å². The molecular formula is C17H23F3IN3O. The molecule has 0 aromatic heterocycles. The lowest BCUT2D eigenvalue weighted by atomic mass is 9.96. The summed E-state index contributed by atoms with van der Waals surface area (Å²) in [4.78, 5) is 4.43. The Morgan fingerprint density at radius 2 is 2.12 bits per heavy atom. The number of aliphatic imine (C=N–C) groups is 1. The standard InChI is InChI=1S/C17H22F3N3O.HI/c1-2-21-16(23-14-9-13-6-7-15(14)24-13)22-10-11-4-3-5-12(8-11)17(18,19)20;/h3-5,8,13-15H,2,6-7,9-10H2,1H3,(H2,21,22,23);1H. The van der Waals surface area contributed by atoms with Crippen molar-refractivity contribution in [2.75, 3.05) is 6.54 Å². The van der Waals surface area contributed by atoms with Gasteiger partial charge in [-0.1, -0.05) is 12.1 Å². The Balaban J connectivity index is 0.00000225. The minimum atomic E-state index is -4.33. The third-order valence-corrected chi connectivity index (χ3v) is 4.45. The zero-order chi connectivity index (χ0) is 17.2. The highest BCUT2D eigenvalue weighted by atomic mass is 127. The van der Waals surface area contributed by atoms with Crippen molar-refractivity contribution in [3.8, 4) is 0 Å². The molecule has 2 aliphatic rings. The van der Waals surface area contributed by atoms with Crippen molar-refractivity contribution in [2.24, 2.45) is 4.99 Å². The Bertz CT molecular complexity index is 609. The molecule has 0 amide bonds. The molecule has 4 nitrogen and oxygen atoms in total. The molecule has 1 aromatic rings. The van der Waals surface area contributed by atoms with Crippen LogP contribution in [0.25, 0.3) is 0 Å². The minimum absolute atomic E-state index is 0. The van der Waals surface area contributed by atoms with Gasteiger partial charge in [0, 0.05) is 6.54 Å². The summed E-state index contributed by atoms with van der Waals surface area (Å²) >= 11 is 0. The van der Waals surface area contributed by atoms with Crippen LogP contribution >= 0.6 is 24.0 Å². The molecule has 8 heteroatoms. The van der Waals surface area contributed by atoms with Crippen LogP contribution in [-0.2, 0) is 17.5 Å². The molecule has 2 bridgehead atoms. The zero-order valence-electron chi connectivity index (χ0n) is 14.0. The summed E-state index contributed by atoms with van der Waals surface area (Å²) in [5.41, 5.74) is -0.110. The lowest BCUT2D eigenvalue weighted by Crippen LogP contribution is -2.47. The molecule has 0 radical (unpaired) electrons. The molecule has 0 spiro atoms. The highest BCUT2D eigenvalue weighted by Crippen LogP contribution is 2.34. The van der Waals surface area contributed by atoms with E-state index in [9.17, 15) is 13.2 Å². The van der Waals surface area contributed by atoms with Crippen LogP contribution in [-0.4, -0.2) is 30.8 Å². The first kappa shape index (κ1) is 20.3. The molecule has 0 saturated carbocycles. The molecule has 25 heavy (non-hydrogen) atoms. The van der Waals surface area contributed by atoms with Crippen LogP contribution in [0.15, 0.2) is 29.3 Å². The van der Waals surface area contributed by atoms with E-state index in [0.717, 1.165) is 31.4 Å². The molecule has 140 valence electrons. The monoisotopic (exact) mass is 469 g/mol. The molecule has 2 N–H and O–H groups in total. The molecule has 0 aliphatic carbocycles. The topological polar surface area (TPSA) is 45.7 Å². The van der Waals surface area contributed by atoms with Gasteiger partial charge in [0.15, 0.2) is 5.96 Å². The number of fused-ring (bicyclic) bond motifs is 2. The molecule has 1 aromatic carbocycles. The maximum absolute atomic E-state index is 12.8. The van der Waals surface area contributed by atoms with Gasteiger partial charge in [0.2, 0.25) is 0 Å². The first-order chi connectivity index (χ1) is 11.5. The normalized spacial score (nSPS) is 25.6. The largest absolute Gasteiger partial charge is 0.416 e. The number of nitrogens with zero attached hydrogens (tertiary/aromatic N) is 1. The fourth-order valence-corrected chi connectivity index (χ4v) is 3.30. The van der Waals surface area contributed by atoms with Crippen molar-refractivity contribution >= 4 is 29.9 Å². The summed E-state index contributed by atoms with van der Waals surface area (Å²) in [5.74, 6) is 0.621. The van der Waals surface area contributed by atoms with Crippen LogP contribution in [0.1, 0.15) is 37.3 Å². The van der Waals surface area contributed by atoms with Gasteiger partial charge >= 0.3 is 6.18 Å². The van der Waals surface area contributed by atoms with Crippen LogP contribution in [0, 0.1) is 0 Å². The highest BCUT2D eigenvalue weighted by Gasteiger charge is 2.41. The van der Waals surface area contributed by atoms with Crippen molar-refractivity contribution in [3.63, 3.8) is 0 Å². The zero-order valence-corrected chi connectivity index (χ0v) is 16.3. The van der Waals surface area contributed by atoms with E-state index in [1.165, 1.54) is 6.07 Å². The Morgan fingerprint density at radius 1 is 1.32 bits per heavy atom. The maximum atomic E-state index is 12.8. The van der Waals surface area contributed by atoms with Gasteiger partial charge < -0.3 is 15.4 Å². The molecular weight excluding hydrogens is 446 g/mol. The van der Waals surface area contributed by atoms with Gasteiger partial charge in [-0.05, 0) is 43.9 Å². The van der Waals surface area contributed by atoms with Gasteiger partial charge in [-0.2, -0.15) is 13.2 Å². The molecule has 2 fully saturated rings. The number of nitrogens with one attached hydrogen (secondary N) is 2. The number of ether oxygens (including phenoxy) is 1. The summed E-state index contributed by atoms with van der Waals surface area (Å²) in [6, 6.07) is 5.51. The fraction of sp³-hybridized carbons (Fsp3) is 0.588. The highest BCUT2D eigenvalue weighted by molar-refractivity contribution is 14.0. The van der Waals surface area contributed by atoms with E-state index in [-0.39, 0.29) is 42.7 Å². The van der Waals surface area contributed by atoms with Crippen LogP contribution in [0.4, 0.5) is 13.2 Å². The van der Waals surface area contributed by atoms with Crippen LogP contribution in [0.5, 0.6) is 0 Å². The van der Waals surface area contributed by atoms with Crippen LogP contribution in [0.2, 0.25) is 0 Å². The number of guanidine groups is 1. The Labute approximate surface area is 162 Å². The van der Waals surface area contributed by atoms with Crippen molar-refractivity contribution in [3.05, 3.63) is 35.4 Å². The van der Waals surface area contributed by atoms with E-state index < -0.39 is 11.7 Å². The third-order valence-electron chi connectivity index (χ3n) is 4.45. The van der Waals surface area contributed by atoms with Crippen molar-refractivity contribution in [1.82, 2.24) is 10.6 Å². The summed E-state index contributed by atoms with van der Waals surface area (Å²) in [5, 5.41) is 6.50. The quantitative estimate of drug-likeness (QED) is 0.402. The lowest BCUT2D eigenvalue weighted by Gasteiger charge is -2.22. The van der Waals surface area contributed by atoms with E-state index in [4.69, 9.17) is 4.74 Å². The average molecular weight is 469 g/mol. The van der Waals surface area contributed by atoms with Crippen molar-refractivity contribution in [1.29, 1.82) is 0 Å². The lowest BCUT2D eigenvalue weighted by molar-refractivity contribution is -0.137. The van der Waals surface area contributed by atoms with Crippen LogP contribution in [0.3, 0.4) is 0 Å². The molecule has 2 saturated heterocycles. The van der Waals surface area contributed by atoms with Gasteiger partial charge in [-0.15, -0.1) is 24.0 Å². The van der Waals surface area contributed by atoms with E-state index in [1.807, 2.05) is 6.92 Å². The first-order valence-electron chi connectivity index (χ1n) is 8.32. The number of hydrogen-bond donors (Lipinski definition) is 2. The third kappa shape index (κ3) is 5.22. The summed E-state index contributed by atoms with van der Waals surface area (Å²) < 4.78 is 44.1. The smallest absolute Gasteiger partial charge is 0.373 e. The fourth-order valence-electron chi connectivity index (χ4n) is 3.30. The molecule has 3 atom stereocenters. The second-order valence-electron chi connectivity index (χ2n) is 6.25. The Hall–Kier alpha value is -1.03. The van der Waals surface area contributed by atoms with E-state index in [0.29, 0.717) is 24.2 Å². The summed E-state index contributed by atoms with van der Waals surface area (Å²) in [6.07, 6.45) is -0.663. The first-order valence-corrected chi connectivity index (χ1v) is 8.32. The van der Waals surface area contributed by atoms with Gasteiger partial charge in [0.05, 0.1) is 30.4 Å². The number of alkyl halides is 3. The molecule has 2 heterocycles. The number of hydrogen-bond acceptors (Lipinski definition) is 2. The number of benzene rings is 1. The number of halogens is 4. The summed E-state index contributed by atoms with van der Waals surface area (Å²) in [7, 11) is 0. The summed E-state index contributed by atoms with van der Waals surface area (Å²) in [6.45, 7) is 2.84. The van der Waals surface area contributed by atoms with Gasteiger partial charge in [-0.3, -0.25) is 0 Å². The molecule has 3 rings (SSSR count). The van der Waals surface area contributed by atoms with Gasteiger partial charge in [0.1, 0.15) is 0 Å². The molecule has 2 aliphatic heterocycles. The number of rotatable bonds is 4. The minimum Gasteiger partial charge on any atom is -0.373 e. The molecule has 3 unspecified atom stereocenters. The second-order valence-corrected chi connectivity index (χ2v) is 6.25. The van der Waals surface area contributed by atoms with E-state index in [1.54, 1.807) is 6.07 Å². The van der Waals surface area contributed by atoms with E-state index >= 15 is 0 Å². The average Bonchev–Trinajstić information content (AvgIpc) is 3.15. The SMILES string of the molecule is CCNC(=NCc1cccc(C(F)(F)F)c1)NC1CC2CCC1O2.I. The predicted octanol–water partition coefficient (Wildman–Crippen LogP) is 3.70. The Morgan fingerprint density at radius 3 is 2.72 bits per heavy atom. The second kappa shape index (κ2) is 8.57. The van der Waals surface area contributed by atoms with E-state index in [2.05, 4.69) is 15.6 Å². The maximum Gasteiger partial charge on any atom is 0.416 e. The van der Waals surface area contributed by atoms with Gasteiger partial charge in [0.25, 0.3) is 0 Å². The van der Waals surface area contributed by atoms with Crippen molar-refractivity contribution in [2.45, 2.75) is 57.2 Å². The Kier molecular flexibility index (Phi) is 6.95. The van der Waals surface area contributed by atoms with Crippen LogP contribution < -0.4 is 10.6 Å².